The van der Waals surface area contributed by atoms with Crippen LogP contribution in [0.25, 0.3) is 0 Å². The second-order valence-corrected chi connectivity index (χ2v) is 4.14. The van der Waals surface area contributed by atoms with Crippen molar-refractivity contribution in [1.82, 2.24) is 0 Å². The zero-order valence-corrected chi connectivity index (χ0v) is 10.3. The van der Waals surface area contributed by atoms with E-state index in [4.69, 9.17) is 10.00 Å². The lowest BCUT2D eigenvalue weighted by atomic mass is 10.1. The molecule has 0 saturated heterocycles. The van der Waals surface area contributed by atoms with E-state index >= 15 is 0 Å². The standard InChI is InChI=1S/C16H15NO/c1-13-7-5-6-10-15(13)18-16(11-12-17)14-8-3-2-4-9-14/h2-10,16H,11H2,1H3. The molecular formula is C16H15NO. The van der Waals surface area contributed by atoms with E-state index in [0.717, 1.165) is 16.9 Å². The Morgan fingerprint density at radius 2 is 1.72 bits per heavy atom. The number of hydrogen-bond acceptors (Lipinski definition) is 2. The summed E-state index contributed by atoms with van der Waals surface area (Å²) < 4.78 is 5.95. The topological polar surface area (TPSA) is 33.0 Å². The van der Waals surface area contributed by atoms with Crippen LogP contribution in [0.2, 0.25) is 0 Å². The first-order valence-electron chi connectivity index (χ1n) is 5.95. The molecule has 0 N–H and O–H groups in total. The predicted octanol–water partition coefficient (Wildman–Crippen LogP) is 4.03. The SMILES string of the molecule is Cc1ccccc1OC(CC#N)c1ccccc1. The predicted molar refractivity (Wildman–Crippen MR) is 71.2 cm³/mol. The largest absolute Gasteiger partial charge is 0.484 e. The first kappa shape index (κ1) is 12.2. The molecule has 0 heterocycles. The normalized spacial score (nSPS) is 11.6. The number of ether oxygens (including phenoxy) is 1. The number of aryl methyl sites for hydroxylation is 1. The van der Waals surface area contributed by atoms with Gasteiger partial charge in [0.25, 0.3) is 0 Å². The molecule has 0 spiro atoms. The summed E-state index contributed by atoms with van der Waals surface area (Å²) in [5.41, 5.74) is 2.11. The third kappa shape index (κ3) is 2.89. The first-order valence-corrected chi connectivity index (χ1v) is 5.95. The molecule has 0 aliphatic heterocycles. The quantitative estimate of drug-likeness (QED) is 0.804. The van der Waals surface area contributed by atoms with Crippen molar-refractivity contribution in [2.75, 3.05) is 0 Å². The number of benzene rings is 2. The van der Waals surface area contributed by atoms with Crippen molar-refractivity contribution in [3.63, 3.8) is 0 Å². The van der Waals surface area contributed by atoms with Crippen molar-refractivity contribution in [3.8, 4) is 11.8 Å². The van der Waals surface area contributed by atoms with Gasteiger partial charge in [-0.1, -0.05) is 48.5 Å². The molecule has 2 heteroatoms. The van der Waals surface area contributed by atoms with E-state index in [1.54, 1.807) is 0 Å². The van der Waals surface area contributed by atoms with E-state index in [1.165, 1.54) is 0 Å². The van der Waals surface area contributed by atoms with Crippen molar-refractivity contribution < 1.29 is 4.74 Å². The zero-order chi connectivity index (χ0) is 12.8. The lowest BCUT2D eigenvalue weighted by molar-refractivity contribution is 0.210. The fourth-order valence-electron chi connectivity index (χ4n) is 1.82. The molecule has 0 fully saturated rings. The van der Waals surface area contributed by atoms with E-state index in [9.17, 15) is 0 Å². The van der Waals surface area contributed by atoms with Crippen LogP contribution in [0.5, 0.6) is 5.75 Å². The Kier molecular flexibility index (Phi) is 3.98. The zero-order valence-electron chi connectivity index (χ0n) is 10.3. The maximum atomic E-state index is 8.92. The fraction of sp³-hybridized carbons (Fsp3) is 0.188. The van der Waals surface area contributed by atoms with E-state index in [0.29, 0.717) is 6.42 Å². The summed E-state index contributed by atoms with van der Waals surface area (Å²) >= 11 is 0. The Morgan fingerprint density at radius 3 is 2.39 bits per heavy atom. The lowest BCUT2D eigenvalue weighted by Gasteiger charge is -2.18. The molecule has 2 rings (SSSR count). The van der Waals surface area contributed by atoms with Gasteiger partial charge < -0.3 is 4.74 Å². The molecule has 0 aliphatic carbocycles. The third-order valence-corrected chi connectivity index (χ3v) is 2.81. The second-order valence-electron chi connectivity index (χ2n) is 4.14. The Morgan fingerprint density at radius 1 is 1.06 bits per heavy atom. The molecule has 1 atom stereocenters. The summed E-state index contributed by atoms with van der Waals surface area (Å²) in [6.45, 7) is 2.00. The number of rotatable bonds is 4. The maximum absolute atomic E-state index is 8.92. The first-order chi connectivity index (χ1) is 8.81. The smallest absolute Gasteiger partial charge is 0.137 e. The van der Waals surface area contributed by atoms with Gasteiger partial charge in [-0.3, -0.25) is 0 Å². The molecule has 2 nitrogen and oxygen atoms in total. The van der Waals surface area contributed by atoms with Gasteiger partial charge in [-0.15, -0.1) is 0 Å². The van der Waals surface area contributed by atoms with E-state index in [-0.39, 0.29) is 6.10 Å². The minimum atomic E-state index is -0.211. The Hall–Kier alpha value is -2.27. The lowest BCUT2D eigenvalue weighted by Crippen LogP contribution is -2.07. The minimum absolute atomic E-state index is 0.211. The van der Waals surface area contributed by atoms with Gasteiger partial charge in [0.2, 0.25) is 0 Å². The van der Waals surface area contributed by atoms with Crippen molar-refractivity contribution >= 4 is 0 Å². The molecule has 0 aliphatic rings. The number of nitrogens with zero attached hydrogens (tertiary/aromatic N) is 1. The van der Waals surface area contributed by atoms with Crippen LogP contribution in [-0.2, 0) is 0 Å². The van der Waals surface area contributed by atoms with E-state index in [2.05, 4.69) is 6.07 Å². The van der Waals surface area contributed by atoms with Crippen molar-refractivity contribution in [2.45, 2.75) is 19.4 Å². The average molecular weight is 237 g/mol. The average Bonchev–Trinajstić information content (AvgIpc) is 2.42. The summed E-state index contributed by atoms with van der Waals surface area (Å²) in [6, 6.07) is 19.9. The Labute approximate surface area is 107 Å². The number of hydrogen-bond donors (Lipinski definition) is 0. The van der Waals surface area contributed by atoms with Gasteiger partial charge in [0.05, 0.1) is 12.5 Å². The van der Waals surface area contributed by atoms with Gasteiger partial charge >= 0.3 is 0 Å². The molecule has 0 radical (unpaired) electrons. The Balaban J connectivity index is 2.23. The molecule has 18 heavy (non-hydrogen) atoms. The number of para-hydroxylation sites is 1. The highest BCUT2D eigenvalue weighted by atomic mass is 16.5. The van der Waals surface area contributed by atoms with E-state index in [1.807, 2.05) is 61.5 Å². The van der Waals surface area contributed by atoms with Crippen LogP contribution in [-0.4, -0.2) is 0 Å². The third-order valence-electron chi connectivity index (χ3n) is 2.81. The number of nitriles is 1. The molecule has 0 bridgehead atoms. The fourth-order valence-corrected chi connectivity index (χ4v) is 1.82. The highest BCUT2D eigenvalue weighted by Crippen LogP contribution is 2.26. The van der Waals surface area contributed by atoms with E-state index < -0.39 is 0 Å². The van der Waals surface area contributed by atoms with Gasteiger partial charge in [0.1, 0.15) is 11.9 Å². The minimum Gasteiger partial charge on any atom is -0.484 e. The van der Waals surface area contributed by atoms with Gasteiger partial charge in [0, 0.05) is 0 Å². The van der Waals surface area contributed by atoms with Crippen LogP contribution in [0.1, 0.15) is 23.7 Å². The molecule has 1 unspecified atom stereocenters. The van der Waals surface area contributed by atoms with Gasteiger partial charge in [-0.2, -0.15) is 5.26 Å². The summed E-state index contributed by atoms with van der Waals surface area (Å²) in [4.78, 5) is 0. The molecule has 0 aromatic heterocycles. The molecule has 0 saturated carbocycles. The van der Waals surface area contributed by atoms with Gasteiger partial charge in [0.15, 0.2) is 0 Å². The summed E-state index contributed by atoms with van der Waals surface area (Å²) in [5.74, 6) is 0.835. The van der Waals surface area contributed by atoms with Crippen LogP contribution >= 0.6 is 0 Å². The maximum Gasteiger partial charge on any atom is 0.137 e. The van der Waals surface area contributed by atoms with Gasteiger partial charge in [-0.25, -0.2) is 0 Å². The molecule has 2 aromatic carbocycles. The van der Waals surface area contributed by atoms with Crippen LogP contribution in [0, 0.1) is 18.3 Å². The molecule has 0 amide bonds. The van der Waals surface area contributed by atoms with Crippen LogP contribution < -0.4 is 4.74 Å². The summed E-state index contributed by atoms with van der Waals surface area (Å²) in [5, 5.41) is 8.92. The van der Waals surface area contributed by atoms with Crippen molar-refractivity contribution in [2.24, 2.45) is 0 Å². The van der Waals surface area contributed by atoms with Crippen LogP contribution in [0.3, 0.4) is 0 Å². The summed E-state index contributed by atoms with van der Waals surface area (Å²) in [7, 11) is 0. The highest BCUT2D eigenvalue weighted by Gasteiger charge is 2.13. The van der Waals surface area contributed by atoms with Crippen LogP contribution in [0.15, 0.2) is 54.6 Å². The second kappa shape index (κ2) is 5.88. The van der Waals surface area contributed by atoms with Crippen molar-refractivity contribution in [3.05, 3.63) is 65.7 Å². The van der Waals surface area contributed by atoms with Crippen molar-refractivity contribution in [1.29, 1.82) is 5.26 Å². The molecule has 90 valence electrons. The van der Waals surface area contributed by atoms with Gasteiger partial charge in [-0.05, 0) is 24.1 Å². The molecular weight excluding hydrogens is 222 g/mol. The highest BCUT2D eigenvalue weighted by molar-refractivity contribution is 5.33. The monoisotopic (exact) mass is 237 g/mol. The molecule has 2 aromatic rings. The van der Waals surface area contributed by atoms with Crippen LogP contribution in [0.4, 0.5) is 0 Å². The summed E-state index contributed by atoms with van der Waals surface area (Å²) in [6.07, 6.45) is 0.135. The Bertz CT molecular complexity index is 543.